The van der Waals surface area contributed by atoms with Gasteiger partial charge in [-0.25, -0.2) is 9.98 Å². The summed E-state index contributed by atoms with van der Waals surface area (Å²) in [6, 6.07) is 3.44. The zero-order valence-electron chi connectivity index (χ0n) is 12.1. The Labute approximate surface area is 124 Å². The van der Waals surface area contributed by atoms with Crippen molar-refractivity contribution in [1.29, 1.82) is 0 Å². The van der Waals surface area contributed by atoms with Crippen LogP contribution in [0.3, 0.4) is 0 Å². The standard InChI is InChI=1S/C14H21N3O4/c1-2-20-14(18)6-4-3-5-9-21-13-8-7-12(10-15-13)16-11-17-19/h7-8,10-11,19H,2-6,9H2,1H3,(H,16,17). The topological polar surface area (TPSA) is 93.0 Å². The minimum absolute atomic E-state index is 0.145. The summed E-state index contributed by atoms with van der Waals surface area (Å²) in [7, 11) is 0. The lowest BCUT2D eigenvalue weighted by molar-refractivity contribution is -0.143. The molecule has 0 bridgehead atoms. The van der Waals surface area contributed by atoms with E-state index in [2.05, 4.69) is 9.98 Å². The van der Waals surface area contributed by atoms with Crippen molar-refractivity contribution < 1.29 is 19.5 Å². The second-order valence-electron chi connectivity index (χ2n) is 4.21. The zero-order valence-corrected chi connectivity index (χ0v) is 12.1. The molecule has 1 aromatic rings. The van der Waals surface area contributed by atoms with Gasteiger partial charge in [0.2, 0.25) is 5.88 Å². The van der Waals surface area contributed by atoms with Crippen molar-refractivity contribution in [2.24, 2.45) is 4.99 Å². The highest BCUT2D eigenvalue weighted by Crippen LogP contribution is 2.14. The second-order valence-corrected chi connectivity index (χ2v) is 4.21. The first-order chi connectivity index (χ1) is 10.3. The zero-order chi connectivity index (χ0) is 15.3. The molecule has 0 unspecified atom stereocenters. The van der Waals surface area contributed by atoms with E-state index in [0.29, 0.717) is 31.2 Å². The molecule has 1 aromatic heterocycles. The predicted molar refractivity (Wildman–Crippen MR) is 77.9 cm³/mol. The van der Waals surface area contributed by atoms with Gasteiger partial charge < -0.3 is 9.47 Å². The smallest absolute Gasteiger partial charge is 0.305 e. The molecule has 0 aliphatic heterocycles. The molecule has 1 rings (SSSR count). The summed E-state index contributed by atoms with van der Waals surface area (Å²) in [6.07, 6.45) is 5.72. The van der Waals surface area contributed by atoms with Gasteiger partial charge >= 0.3 is 5.97 Å². The molecule has 0 amide bonds. The quantitative estimate of drug-likeness (QED) is 0.226. The fourth-order valence-electron chi connectivity index (χ4n) is 1.60. The summed E-state index contributed by atoms with van der Waals surface area (Å²) in [5.41, 5.74) is 2.43. The molecule has 0 spiro atoms. The van der Waals surface area contributed by atoms with Crippen molar-refractivity contribution in [3.8, 4) is 5.88 Å². The van der Waals surface area contributed by atoms with Crippen molar-refractivity contribution in [2.75, 3.05) is 13.2 Å². The number of hydrogen-bond acceptors (Lipinski definition) is 6. The molecular weight excluding hydrogens is 274 g/mol. The first-order valence-electron chi connectivity index (χ1n) is 6.93. The Hall–Kier alpha value is -2.15. The van der Waals surface area contributed by atoms with E-state index in [1.807, 2.05) is 5.48 Å². The van der Waals surface area contributed by atoms with E-state index >= 15 is 0 Å². The molecule has 1 heterocycles. The maximum absolute atomic E-state index is 11.1. The van der Waals surface area contributed by atoms with Crippen LogP contribution in [0.15, 0.2) is 23.3 Å². The minimum Gasteiger partial charge on any atom is -0.478 e. The molecule has 2 N–H and O–H groups in total. The highest BCUT2D eigenvalue weighted by molar-refractivity contribution is 5.69. The number of nitrogens with zero attached hydrogens (tertiary/aromatic N) is 2. The molecule has 21 heavy (non-hydrogen) atoms. The van der Waals surface area contributed by atoms with E-state index in [1.54, 1.807) is 25.3 Å². The molecular formula is C14H21N3O4. The van der Waals surface area contributed by atoms with Crippen LogP contribution in [0, 0.1) is 0 Å². The minimum atomic E-state index is -0.145. The lowest BCUT2D eigenvalue weighted by atomic mass is 10.2. The van der Waals surface area contributed by atoms with Gasteiger partial charge in [0, 0.05) is 12.5 Å². The van der Waals surface area contributed by atoms with Crippen molar-refractivity contribution in [3.63, 3.8) is 0 Å². The monoisotopic (exact) mass is 295 g/mol. The van der Waals surface area contributed by atoms with Gasteiger partial charge in [-0.05, 0) is 32.3 Å². The molecule has 116 valence electrons. The number of aromatic nitrogens is 1. The number of carbonyl (C=O) groups is 1. The van der Waals surface area contributed by atoms with E-state index in [9.17, 15) is 4.79 Å². The molecule has 0 saturated heterocycles. The summed E-state index contributed by atoms with van der Waals surface area (Å²) in [5.74, 6) is 0.380. The van der Waals surface area contributed by atoms with Gasteiger partial charge in [-0.15, -0.1) is 0 Å². The summed E-state index contributed by atoms with van der Waals surface area (Å²) >= 11 is 0. The SMILES string of the molecule is CCOC(=O)CCCCCOc1ccc(N=CNO)cn1. The molecule has 0 fully saturated rings. The van der Waals surface area contributed by atoms with Crippen molar-refractivity contribution in [3.05, 3.63) is 18.3 Å². The number of ether oxygens (including phenoxy) is 2. The maximum atomic E-state index is 11.1. The molecule has 0 aliphatic rings. The maximum Gasteiger partial charge on any atom is 0.305 e. The van der Waals surface area contributed by atoms with Gasteiger partial charge in [0.1, 0.15) is 6.34 Å². The third kappa shape index (κ3) is 7.88. The van der Waals surface area contributed by atoms with Crippen LogP contribution in [-0.4, -0.2) is 35.7 Å². The Balaban J connectivity index is 2.12. The van der Waals surface area contributed by atoms with Crippen LogP contribution in [-0.2, 0) is 9.53 Å². The summed E-state index contributed by atoms with van der Waals surface area (Å²) in [4.78, 5) is 19.1. The Morgan fingerprint density at radius 3 is 2.95 bits per heavy atom. The van der Waals surface area contributed by atoms with E-state index in [4.69, 9.17) is 14.7 Å². The van der Waals surface area contributed by atoms with Gasteiger partial charge in [0.05, 0.1) is 25.1 Å². The molecule has 0 atom stereocenters. The Morgan fingerprint density at radius 2 is 2.29 bits per heavy atom. The molecule has 0 saturated carbocycles. The molecule has 7 heteroatoms. The van der Waals surface area contributed by atoms with Crippen molar-refractivity contribution in [1.82, 2.24) is 10.5 Å². The third-order valence-corrected chi connectivity index (χ3v) is 2.57. The number of pyridine rings is 1. The van der Waals surface area contributed by atoms with E-state index < -0.39 is 0 Å². The molecule has 0 aromatic carbocycles. The molecule has 7 nitrogen and oxygen atoms in total. The fourth-order valence-corrected chi connectivity index (χ4v) is 1.60. The van der Waals surface area contributed by atoms with Gasteiger partial charge in [-0.2, -0.15) is 0 Å². The number of aliphatic imine (C=N–C) groups is 1. The van der Waals surface area contributed by atoms with Crippen LogP contribution in [0.4, 0.5) is 5.69 Å². The second kappa shape index (κ2) is 10.6. The summed E-state index contributed by atoms with van der Waals surface area (Å²) < 4.78 is 10.3. The summed E-state index contributed by atoms with van der Waals surface area (Å²) in [5, 5.41) is 8.36. The first kappa shape index (κ1) is 16.9. The first-order valence-corrected chi connectivity index (χ1v) is 6.93. The number of carbonyl (C=O) groups excluding carboxylic acids is 1. The van der Waals surface area contributed by atoms with Crippen molar-refractivity contribution in [2.45, 2.75) is 32.6 Å². The number of unbranched alkanes of at least 4 members (excludes halogenated alkanes) is 2. The van der Waals surface area contributed by atoms with E-state index in [-0.39, 0.29) is 5.97 Å². The van der Waals surface area contributed by atoms with Crippen LogP contribution >= 0.6 is 0 Å². The number of nitrogens with one attached hydrogen (secondary N) is 1. The van der Waals surface area contributed by atoms with Crippen LogP contribution < -0.4 is 10.2 Å². The number of hydroxylamine groups is 1. The van der Waals surface area contributed by atoms with Gasteiger partial charge in [0.15, 0.2) is 0 Å². The van der Waals surface area contributed by atoms with Crippen LogP contribution in [0.1, 0.15) is 32.6 Å². The molecule has 0 radical (unpaired) electrons. The third-order valence-electron chi connectivity index (χ3n) is 2.57. The van der Waals surface area contributed by atoms with E-state index in [0.717, 1.165) is 25.6 Å². The summed E-state index contributed by atoms with van der Waals surface area (Å²) in [6.45, 7) is 2.79. The lowest BCUT2D eigenvalue weighted by Gasteiger charge is -2.05. The van der Waals surface area contributed by atoms with E-state index in [1.165, 1.54) is 0 Å². The largest absolute Gasteiger partial charge is 0.478 e. The fraction of sp³-hybridized carbons (Fsp3) is 0.500. The highest BCUT2D eigenvalue weighted by atomic mass is 16.5. The average molecular weight is 295 g/mol. The Kier molecular flexibility index (Phi) is 8.54. The van der Waals surface area contributed by atoms with Crippen molar-refractivity contribution >= 4 is 18.0 Å². The van der Waals surface area contributed by atoms with Gasteiger partial charge in [0.25, 0.3) is 0 Å². The average Bonchev–Trinajstić information content (AvgIpc) is 2.50. The molecule has 0 aliphatic carbocycles. The van der Waals surface area contributed by atoms with Crippen LogP contribution in [0.5, 0.6) is 5.88 Å². The lowest BCUT2D eigenvalue weighted by Crippen LogP contribution is -2.04. The predicted octanol–water partition coefficient (Wildman–Crippen LogP) is 2.22. The van der Waals surface area contributed by atoms with Gasteiger partial charge in [-0.3, -0.25) is 15.5 Å². The normalized spacial score (nSPS) is 10.6. The highest BCUT2D eigenvalue weighted by Gasteiger charge is 2.01. The van der Waals surface area contributed by atoms with Crippen LogP contribution in [0.2, 0.25) is 0 Å². The Bertz CT molecular complexity index is 434. The number of hydrogen-bond donors (Lipinski definition) is 2. The van der Waals surface area contributed by atoms with Crippen LogP contribution in [0.25, 0.3) is 0 Å². The Morgan fingerprint density at radius 1 is 1.43 bits per heavy atom. The number of rotatable bonds is 10. The number of esters is 1. The van der Waals surface area contributed by atoms with Gasteiger partial charge in [-0.1, -0.05) is 0 Å².